The number of hydrogen-bond donors (Lipinski definition) is 1. The van der Waals surface area contributed by atoms with Crippen molar-refractivity contribution in [1.29, 1.82) is 0 Å². The Morgan fingerprint density at radius 2 is 1.74 bits per heavy atom. The highest BCUT2D eigenvalue weighted by Gasteiger charge is 2.41. The first-order valence-electron chi connectivity index (χ1n) is 16.9. The van der Waals surface area contributed by atoms with E-state index < -0.39 is 8.32 Å². The van der Waals surface area contributed by atoms with Crippen LogP contribution in [0.15, 0.2) is 42.5 Å². The Hall–Kier alpha value is -3.48. The molecular formula is C37H51N5O3Si. The molecule has 46 heavy (non-hydrogen) atoms. The van der Waals surface area contributed by atoms with Crippen molar-refractivity contribution in [2.24, 2.45) is 11.8 Å². The minimum Gasteiger partial charge on any atom is -0.496 e. The molecule has 0 saturated heterocycles. The standard InChI is InChI=1S/C37H51N5O3Si/c1-26-23-31(18-21-34(26)44-5)29-14-11-28(12-15-29)25-42(32-10-8-9-27(24-32)13-22-35-38-40-41-39-35)36(43)30-16-19-33(20-17-30)45-46(6,7)37(2,3)4/h8-10,18,21,23-24,28-30,33H,11-12,14-17,19-20,25H2,1-7H3,(H,38,39,40,41)/t28-,29-,30-,33-. The zero-order valence-corrected chi connectivity index (χ0v) is 29.7. The molecule has 0 spiro atoms. The minimum atomic E-state index is -1.85. The lowest BCUT2D eigenvalue weighted by Gasteiger charge is -2.41. The summed E-state index contributed by atoms with van der Waals surface area (Å²) in [5, 5.41) is 14.1. The molecule has 1 amide bonds. The van der Waals surface area contributed by atoms with Crippen molar-refractivity contribution in [3.05, 3.63) is 65.0 Å². The Kier molecular flexibility index (Phi) is 10.7. The Morgan fingerprint density at radius 3 is 2.37 bits per heavy atom. The van der Waals surface area contributed by atoms with E-state index in [9.17, 15) is 4.79 Å². The molecule has 3 aromatic rings. The Labute approximate surface area is 276 Å². The number of aryl methyl sites for hydroxylation is 1. The number of anilines is 1. The maximum atomic E-state index is 14.4. The number of benzene rings is 2. The van der Waals surface area contributed by atoms with Gasteiger partial charge in [0.2, 0.25) is 11.7 Å². The number of carbonyl (C=O) groups excluding carboxylic acids is 1. The van der Waals surface area contributed by atoms with Crippen LogP contribution in [0, 0.1) is 30.6 Å². The number of amides is 1. The summed E-state index contributed by atoms with van der Waals surface area (Å²) in [5.74, 6) is 8.63. The summed E-state index contributed by atoms with van der Waals surface area (Å²) in [6.07, 6.45) is 8.34. The van der Waals surface area contributed by atoms with Crippen molar-refractivity contribution in [2.75, 3.05) is 18.6 Å². The van der Waals surface area contributed by atoms with E-state index in [1.807, 2.05) is 18.2 Å². The predicted octanol–water partition coefficient (Wildman–Crippen LogP) is 7.80. The van der Waals surface area contributed by atoms with Crippen molar-refractivity contribution in [2.45, 2.75) is 109 Å². The van der Waals surface area contributed by atoms with E-state index in [2.05, 4.69) is 102 Å². The fourth-order valence-electron chi connectivity index (χ4n) is 6.75. The molecule has 2 fully saturated rings. The fraction of sp³-hybridized carbons (Fsp3) is 0.568. The lowest BCUT2D eigenvalue weighted by molar-refractivity contribution is -0.124. The van der Waals surface area contributed by atoms with Crippen molar-refractivity contribution >= 4 is 19.9 Å². The van der Waals surface area contributed by atoms with Gasteiger partial charge in [0.1, 0.15) is 5.75 Å². The molecule has 246 valence electrons. The zero-order valence-electron chi connectivity index (χ0n) is 28.7. The first-order chi connectivity index (χ1) is 21.9. The Bertz CT molecular complexity index is 1520. The molecule has 9 heteroatoms. The number of hydrogen-bond acceptors (Lipinski definition) is 6. The smallest absolute Gasteiger partial charge is 0.247 e. The number of rotatable bonds is 8. The number of aromatic nitrogens is 4. The second-order valence-corrected chi connectivity index (χ2v) is 19.5. The van der Waals surface area contributed by atoms with Gasteiger partial charge in [-0.05, 0) is 135 Å². The molecule has 1 heterocycles. The van der Waals surface area contributed by atoms with Gasteiger partial charge in [0.05, 0.1) is 7.11 Å². The number of aromatic amines is 1. The summed E-state index contributed by atoms with van der Waals surface area (Å²) in [7, 11) is -0.120. The molecule has 0 unspecified atom stereocenters. The monoisotopic (exact) mass is 641 g/mol. The van der Waals surface area contributed by atoms with Gasteiger partial charge in [-0.1, -0.05) is 50.0 Å². The lowest BCUT2D eigenvalue weighted by Crippen LogP contribution is -2.46. The molecule has 2 saturated carbocycles. The lowest BCUT2D eigenvalue weighted by atomic mass is 9.78. The summed E-state index contributed by atoms with van der Waals surface area (Å²) in [5.41, 5.74) is 4.32. The summed E-state index contributed by atoms with van der Waals surface area (Å²) in [6.45, 7) is 14.4. The van der Waals surface area contributed by atoms with Crippen LogP contribution < -0.4 is 9.64 Å². The van der Waals surface area contributed by atoms with Gasteiger partial charge in [-0.2, -0.15) is 5.21 Å². The highest BCUT2D eigenvalue weighted by Crippen LogP contribution is 2.41. The molecule has 0 radical (unpaired) electrons. The van der Waals surface area contributed by atoms with E-state index in [0.29, 0.717) is 17.7 Å². The number of ether oxygens (including phenoxy) is 1. The quantitative estimate of drug-likeness (QED) is 0.199. The number of methoxy groups -OCH3 is 1. The van der Waals surface area contributed by atoms with Gasteiger partial charge >= 0.3 is 0 Å². The third-order valence-corrected chi connectivity index (χ3v) is 15.1. The van der Waals surface area contributed by atoms with Crippen LogP contribution in [0.1, 0.15) is 101 Å². The minimum absolute atomic E-state index is 0.00643. The van der Waals surface area contributed by atoms with Gasteiger partial charge in [0.15, 0.2) is 8.32 Å². The number of carbonyl (C=O) groups is 1. The van der Waals surface area contributed by atoms with Crippen molar-refractivity contribution in [3.63, 3.8) is 0 Å². The molecule has 2 aromatic carbocycles. The second-order valence-electron chi connectivity index (χ2n) is 14.8. The molecule has 1 N–H and O–H groups in total. The molecule has 8 nitrogen and oxygen atoms in total. The normalized spacial score (nSPS) is 22.1. The van der Waals surface area contributed by atoms with Crippen LogP contribution >= 0.6 is 0 Å². The van der Waals surface area contributed by atoms with E-state index in [1.165, 1.54) is 11.1 Å². The van der Waals surface area contributed by atoms with Crippen LogP contribution in [0.5, 0.6) is 5.75 Å². The van der Waals surface area contributed by atoms with Crippen LogP contribution in [0.2, 0.25) is 18.1 Å². The molecule has 5 rings (SSSR count). The topological polar surface area (TPSA) is 93.2 Å². The molecule has 2 aliphatic carbocycles. The third kappa shape index (κ3) is 8.26. The van der Waals surface area contributed by atoms with Crippen molar-refractivity contribution < 1.29 is 14.0 Å². The fourth-order valence-corrected chi connectivity index (χ4v) is 8.17. The average Bonchev–Trinajstić information content (AvgIpc) is 3.56. The summed E-state index contributed by atoms with van der Waals surface area (Å²) in [4.78, 5) is 16.4. The van der Waals surface area contributed by atoms with Crippen LogP contribution in [0.3, 0.4) is 0 Å². The van der Waals surface area contributed by atoms with Crippen molar-refractivity contribution in [1.82, 2.24) is 20.6 Å². The van der Waals surface area contributed by atoms with Gasteiger partial charge < -0.3 is 14.1 Å². The molecule has 0 bridgehead atoms. The SMILES string of the molecule is COc1ccc([C@H]2CC[C@H](CN(c3cccc(C#Cc4nn[nH]n4)c3)C(=O)[C@H]3CC[C@H](O[Si](C)(C)C(C)(C)C)CC3)CC2)cc1C. The molecule has 2 aliphatic rings. The Balaban J connectivity index is 1.30. The molecular weight excluding hydrogens is 591 g/mol. The van der Waals surface area contributed by atoms with Gasteiger partial charge in [-0.25, -0.2) is 0 Å². The average molecular weight is 642 g/mol. The van der Waals surface area contributed by atoms with E-state index in [0.717, 1.165) is 74.9 Å². The van der Waals surface area contributed by atoms with Crippen molar-refractivity contribution in [3.8, 4) is 17.6 Å². The number of H-pyrrole nitrogens is 1. The Morgan fingerprint density at radius 1 is 1.00 bits per heavy atom. The number of nitrogens with one attached hydrogen (secondary N) is 1. The molecule has 1 aromatic heterocycles. The highest BCUT2D eigenvalue weighted by atomic mass is 28.4. The molecule has 0 aliphatic heterocycles. The maximum Gasteiger partial charge on any atom is 0.247 e. The maximum absolute atomic E-state index is 14.4. The summed E-state index contributed by atoms with van der Waals surface area (Å²) >= 11 is 0. The second kappa shape index (κ2) is 14.5. The van der Waals surface area contributed by atoms with E-state index in [-0.39, 0.29) is 23.0 Å². The van der Waals surface area contributed by atoms with Gasteiger partial charge in [0, 0.05) is 29.8 Å². The predicted molar refractivity (Wildman–Crippen MR) is 185 cm³/mol. The number of nitrogens with zero attached hydrogens (tertiary/aromatic N) is 4. The zero-order chi connectivity index (χ0) is 32.9. The van der Waals surface area contributed by atoms with Crippen LogP contribution in [0.25, 0.3) is 0 Å². The van der Waals surface area contributed by atoms with E-state index in [1.54, 1.807) is 7.11 Å². The van der Waals surface area contributed by atoms with Crippen LogP contribution in [0.4, 0.5) is 5.69 Å². The number of tetrazole rings is 1. The first kappa shape index (κ1) is 33.9. The van der Waals surface area contributed by atoms with Gasteiger partial charge in [0.25, 0.3) is 0 Å². The van der Waals surface area contributed by atoms with Gasteiger partial charge in [-0.15, -0.1) is 5.10 Å². The third-order valence-electron chi connectivity index (χ3n) is 10.6. The summed E-state index contributed by atoms with van der Waals surface area (Å²) < 4.78 is 12.2. The molecule has 0 atom stereocenters. The largest absolute Gasteiger partial charge is 0.496 e. The van der Waals surface area contributed by atoms with E-state index >= 15 is 0 Å². The van der Waals surface area contributed by atoms with Crippen LogP contribution in [-0.2, 0) is 9.22 Å². The van der Waals surface area contributed by atoms with Crippen LogP contribution in [-0.4, -0.2) is 54.6 Å². The first-order valence-corrected chi connectivity index (χ1v) is 19.8. The van der Waals surface area contributed by atoms with Gasteiger partial charge in [-0.3, -0.25) is 4.79 Å². The summed E-state index contributed by atoms with van der Waals surface area (Å²) in [6, 6.07) is 14.6. The highest BCUT2D eigenvalue weighted by molar-refractivity contribution is 6.74. The van der Waals surface area contributed by atoms with E-state index in [4.69, 9.17) is 9.16 Å².